The fourth-order valence-electron chi connectivity index (χ4n) is 2.53. The van der Waals surface area contributed by atoms with Crippen molar-refractivity contribution in [2.24, 2.45) is 0 Å². The van der Waals surface area contributed by atoms with Crippen LogP contribution >= 0.6 is 0 Å². The maximum atomic E-state index is 10.2. The number of hydrogen-bond donors (Lipinski definition) is 1. The highest BCUT2D eigenvalue weighted by Crippen LogP contribution is 2.36. The summed E-state index contributed by atoms with van der Waals surface area (Å²) in [4.78, 5) is 4.31. The molecule has 0 radical (unpaired) electrons. The molecular weight excluding hydrogens is 290 g/mol. The van der Waals surface area contributed by atoms with Crippen molar-refractivity contribution in [3.63, 3.8) is 0 Å². The highest BCUT2D eigenvalue weighted by Gasteiger charge is 2.11. The van der Waals surface area contributed by atoms with Gasteiger partial charge in [-0.3, -0.25) is 4.98 Å². The molecule has 0 atom stereocenters. The third-order valence-electron chi connectivity index (χ3n) is 3.56. The number of benzene rings is 2. The topological polar surface area (TPSA) is 51.6 Å². The van der Waals surface area contributed by atoms with E-state index < -0.39 is 0 Å². The third-order valence-corrected chi connectivity index (χ3v) is 3.56. The van der Waals surface area contributed by atoms with Gasteiger partial charge < -0.3 is 14.6 Å². The van der Waals surface area contributed by atoms with E-state index in [0.29, 0.717) is 11.5 Å². The summed E-state index contributed by atoms with van der Waals surface area (Å²) in [5.41, 5.74) is 2.56. The van der Waals surface area contributed by atoms with Crippen LogP contribution in [0.5, 0.6) is 17.2 Å². The monoisotopic (exact) mass is 309 g/mol. The normalized spacial score (nSPS) is 11.0. The van der Waals surface area contributed by atoms with Crippen molar-refractivity contribution >= 4 is 10.9 Å². The summed E-state index contributed by atoms with van der Waals surface area (Å²) >= 11 is 0. The number of nitrogens with zero attached hydrogens (tertiary/aromatic N) is 1. The minimum atomic E-state index is 0.0728. The molecule has 0 amide bonds. The van der Waals surface area contributed by atoms with Crippen LogP contribution < -0.4 is 9.47 Å². The fraction of sp³-hybridized carbons (Fsp3) is 0.211. The van der Waals surface area contributed by atoms with Gasteiger partial charge in [0.05, 0.1) is 18.7 Å². The molecule has 2 aromatic carbocycles. The first kappa shape index (κ1) is 15.2. The van der Waals surface area contributed by atoms with Gasteiger partial charge in [0.15, 0.2) is 11.5 Å². The quantitative estimate of drug-likeness (QED) is 0.776. The lowest BCUT2D eigenvalue weighted by molar-refractivity contribution is 0.230. The number of aromatic hydroxyl groups is 1. The molecule has 1 N–H and O–H groups in total. The molecule has 0 unspecified atom stereocenters. The van der Waals surface area contributed by atoms with Crippen molar-refractivity contribution in [1.82, 2.24) is 4.98 Å². The molecule has 0 fully saturated rings. The summed E-state index contributed by atoms with van der Waals surface area (Å²) in [6, 6.07) is 13.1. The standard InChI is InChI=1S/C19H19NO3/c1-12(2)23-18-7-6-13(11-19(18)22-3)14-9-16-15(17(21)10-14)5-4-8-20-16/h4-12,21H,1-3H3. The number of phenolic OH excluding ortho intramolecular Hbond substituents is 1. The Bertz CT molecular complexity index is 843. The van der Waals surface area contributed by atoms with Gasteiger partial charge in [-0.05, 0) is 61.4 Å². The third kappa shape index (κ3) is 3.06. The van der Waals surface area contributed by atoms with E-state index in [9.17, 15) is 5.11 Å². The second-order valence-corrected chi connectivity index (χ2v) is 5.60. The molecule has 1 aromatic heterocycles. The summed E-state index contributed by atoms with van der Waals surface area (Å²) in [6.07, 6.45) is 1.79. The summed E-state index contributed by atoms with van der Waals surface area (Å²) in [7, 11) is 1.62. The van der Waals surface area contributed by atoms with Gasteiger partial charge >= 0.3 is 0 Å². The Morgan fingerprint density at radius 3 is 2.57 bits per heavy atom. The van der Waals surface area contributed by atoms with E-state index in [4.69, 9.17) is 9.47 Å². The first-order chi connectivity index (χ1) is 11.1. The summed E-state index contributed by atoms with van der Waals surface area (Å²) in [5.74, 6) is 1.58. The number of ether oxygens (including phenoxy) is 2. The lowest BCUT2D eigenvalue weighted by Crippen LogP contribution is -2.06. The number of fused-ring (bicyclic) bond motifs is 1. The SMILES string of the molecule is COc1cc(-c2cc(O)c3cccnc3c2)ccc1OC(C)C. The Morgan fingerprint density at radius 2 is 1.83 bits per heavy atom. The van der Waals surface area contributed by atoms with E-state index in [1.54, 1.807) is 19.4 Å². The van der Waals surface area contributed by atoms with E-state index in [0.717, 1.165) is 22.0 Å². The smallest absolute Gasteiger partial charge is 0.161 e. The zero-order chi connectivity index (χ0) is 16.4. The molecule has 0 aliphatic rings. The maximum absolute atomic E-state index is 10.2. The van der Waals surface area contributed by atoms with Gasteiger partial charge in [-0.1, -0.05) is 6.07 Å². The number of aromatic nitrogens is 1. The molecular formula is C19H19NO3. The first-order valence-corrected chi connectivity index (χ1v) is 7.51. The summed E-state index contributed by atoms with van der Waals surface area (Å²) < 4.78 is 11.2. The molecule has 0 spiro atoms. The van der Waals surface area contributed by atoms with Crippen LogP contribution in [0.4, 0.5) is 0 Å². The Hall–Kier alpha value is -2.75. The highest BCUT2D eigenvalue weighted by atomic mass is 16.5. The maximum Gasteiger partial charge on any atom is 0.161 e. The van der Waals surface area contributed by atoms with Crippen LogP contribution in [0.15, 0.2) is 48.7 Å². The van der Waals surface area contributed by atoms with Gasteiger partial charge in [-0.2, -0.15) is 0 Å². The molecule has 23 heavy (non-hydrogen) atoms. The van der Waals surface area contributed by atoms with Crippen LogP contribution in [0, 0.1) is 0 Å². The first-order valence-electron chi connectivity index (χ1n) is 7.51. The van der Waals surface area contributed by atoms with E-state index in [1.165, 1.54) is 0 Å². The highest BCUT2D eigenvalue weighted by molar-refractivity contribution is 5.89. The molecule has 0 saturated carbocycles. The van der Waals surface area contributed by atoms with Gasteiger partial charge in [-0.15, -0.1) is 0 Å². The van der Waals surface area contributed by atoms with Crippen LogP contribution in [-0.2, 0) is 0 Å². The predicted molar refractivity (Wildman–Crippen MR) is 91.2 cm³/mol. The van der Waals surface area contributed by atoms with Crippen molar-refractivity contribution in [2.45, 2.75) is 20.0 Å². The van der Waals surface area contributed by atoms with E-state index in [-0.39, 0.29) is 11.9 Å². The number of rotatable bonds is 4. The Kier molecular flexibility index (Phi) is 4.06. The average Bonchev–Trinajstić information content (AvgIpc) is 2.54. The molecule has 0 aliphatic heterocycles. The summed E-state index contributed by atoms with van der Waals surface area (Å²) in [6.45, 7) is 3.95. The predicted octanol–water partition coefficient (Wildman–Crippen LogP) is 4.40. The second kappa shape index (κ2) is 6.16. The second-order valence-electron chi connectivity index (χ2n) is 5.60. The number of hydrogen-bond acceptors (Lipinski definition) is 4. The van der Waals surface area contributed by atoms with Crippen molar-refractivity contribution in [1.29, 1.82) is 0 Å². The lowest BCUT2D eigenvalue weighted by atomic mass is 10.0. The lowest BCUT2D eigenvalue weighted by Gasteiger charge is -2.15. The van der Waals surface area contributed by atoms with Crippen LogP contribution in [0.2, 0.25) is 0 Å². The average molecular weight is 309 g/mol. The van der Waals surface area contributed by atoms with Crippen molar-refractivity contribution in [2.75, 3.05) is 7.11 Å². The zero-order valence-corrected chi connectivity index (χ0v) is 13.4. The molecule has 0 saturated heterocycles. The van der Waals surface area contributed by atoms with Gasteiger partial charge in [0.25, 0.3) is 0 Å². The molecule has 0 aliphatic carbocycles. The molecule has 4 nitrogen and oxygen atoms in total. The van der Waals surface area contributed by atoms with Crippen LogP contribution in [0.3, 0.4) is 0 Å². The molecule has 1 heterocycles. The van der Waals surface area contributed by atoms with E-state index in [1.807, 2.05) is 50.2 Å². The van der Waals surface area contributed by atoms with Crippen molar-refractivity contribution < 1.29 is 14.6 Å². The van der Waals surface area contributed by atoms with Gasteiger partial charge in [0, 0.05) is 11.6 Å². The molecule has 4 heteroatoms. The minimum Gasteiger partial charge on any atom is -0.507 e. The van der Waals surface area contributed by atoms with E-state index in [2.05, 4.69) is 4.98 Å². The largest absolute Gasteiger partial charge is 0.507 e. The Labute approximate surface area is 135 Å². The fourth-order valence-corrected chi connectivity index (χ4v) is 2.53. The number of phenols is 1. The number of pyridine rings is 1. The van der Waals surface area contributed by atoms with Crippen LogP contribution in [-0.4, -0.2) is 23.3 Å². The van der Waals surface area contributed by atoms with Gasteiger partial charge in [-0.25, -0.2) is 0 Å². The van der Waals surface area contributed by atoms with Crippen LogP contribution in [0.25, 0.3) is 22.0 Å². The van der Waals surface area contributed by atoms with Crippen molar-refractivity contribution in [3.8, 4) is 28.4 Å². The van der Waals surface area contributed by atoms with Crippen molar-refractivity contribution in [3.05, 3.63) is 48.7 Å². The molecule has 3 rings (SSSR count). The molecule has 3 aromatic rings. The minimum absolute atomic E-state index is 0.0728. The zero-order valence-electron chi connectivity index (χ0n) is 13.4. The van der Waals surface area contributed by atoms with Gasteiger partial charge in [0.1, 0.15) is 5.75 Å². The molecule has 118 valence electrons. The Balaban J connectivity index is 2.08. The number of methoxy groups -OCH3 is 1. The Morgan fingerprint density at radius 1 is 1.00 bits per heavy atom. The molecule has 0 bridgehead atoms. The van der Waals surface area contributed by atoms with Gasteiger partial charge in [0.2, 0.25) is 0 Å². The van der Waals surface area contributed by atoms with Crippen LogP contribution in [0.1, 0.15) is 13.8 Å². The summed E-state index contributed by atoms with van der Waals surface area (Å²) in [5, 5.41) is 11.0. The van der Waals surface area contributed by atoms with E-state index >= 15 is 0 Å².